The average Bonchev–Trinajstić information content (AvgIpc) is 2.92. The van der Waals surface area contributed by atoms with Gasteiger partial charge in [-0.25, -0.2) is 4.79 Å². The van der Waals surface area contributed by atoms with Gasteiger partial charge in [0, 0.05) is 13.0 Å². The Balaban J connectivity index is 2.66. The summed E-state index contributed by atoms with van der Waals surface area (Å²) in [5, 5.41) is 14.9. The third-order valence-electron chi connectivity index (χ3n) is 3.92. The number of ether oxygens (including phenoxy) is 1. The lowest BCUT2D eigenvalue weighted by Crippen LogP contribution is -2.49. The number of hydrogen-bond acceptors (Lipinski definition) is 5. The van der Waals surface area contributed by atoms with Gasteiger partial charge >= 0.3 is 11.9 Å². The van der Waals surface area contributed by atoms with E-state index in [1.807, 2.05) is 6.92 Å². The van der Waals surface area contributed by atoms with Crippen molar-refractivity contribution < 1.29 is 24.2 Å². The van der Waals surface area contributed by atoms with Gasteiger partial charge in [0.1, 0.15) is 6.04 Å². The molecule has 1 aliphatic rings. The van der Waals surface area contributed by atoms with Crippen molar-refractivity contribution in [1.82, 2.24) is 10.6 Å². The number of methoxy groups -OCH3 is 1. The zero-order valence-electron chi connectivity index (χ0n) is 12.6. The van der Waals surface area contributed by atoms with Gasteiger partial charge in [-0.3, -0.25) is 9.59 Å². The van der Waals surface area contributed by atoms with Gasteiger partial charge in [0.25, 0.3) is 0 Å². The van der Waals surface area contributed by atoms with Crippen molar-refractivity contribution in [2.75, 3.05) is 20.2 Å². The van der Waals surface area contributed by atoms with Gasteiger partial charge in [-0.1, -0.05) is 13.3 Å². The summed E-state index contributed by atoms with van der Waals surface area (Å²) in [5.41, 5.74) is -0.534. The Hall–Kier alpha value is -1.63. The lowest BCUT2D eigenvalue weighted by atomic mass is 9.81. The highest BCUT2D eigenvalue weighted by Gasteiger charge is 2.41. The molecule has 120 valence electrons. The molecule has 2 atom stereocenters. The number of carboxylic acids is 1. The third-order valence-corrected chi connectivity index (χ3v) is 3.92. The van der Waals surface area contributed by atoms with E-state index < -0.39 is 23.4 Å². The van der Waals surface area contributed by atoms with Gasteiger partial charge in [0.15, 0.2) is 0 Å². The SMILES string of the molecule is CCCC1(C(=O)NC(CCC(=O)OC)C(=O)O)CCNC1. The molecule has 3 N–H and O–H groups in total. The van der Waals surface area contributed by atoms with Crippen LogP contribution in [0.3, 0.4) is 0 Å². The molecule has 0 aromatic rings. The third kappa shape index (κ3) is 4.70. The summed E-state index contributed by atoms with van der Waals surface area (Å²) < 4.78 is 4.49. The minimum absolute atomic E-state index is 0.0311. The van der Waals surface area contributed by atoms with E-state index >= 15 is 0 Å². The fourth-order valence-electron chi connectivity index (χ4n) is 2.68. The normalized spacial score (nSPS) is 22.6. The molecule has 1 fully saturated rings. The zero-order valence-corrected chi connectivity index (χ0v) is 12.6. The molecule has 1 heterocycles. The molecule has 0 aromatic heterocycles. The molecule has 1 amide bonds. The highest BCUT2D eigenvalue weighted by molar-refractivity contribution is 5.88. The number of aliphatic carboxylic acids is 1. The second kappa shape index (κ2) is 7.97. The second-order valence-electron chi connectivity index (χ2n) is 5.44. The zero-order chi connectivity index (χ0) is 15.9. The van der Waals surface area contributed by atoms with Crippen LogP contribution >= 0.6 is 0 Å². The van der Waals surface area contributed by atoms with Gasteiger partial charge in [-0.15, -0.1) is 0 Å². The topological polar surface area (TPSA) is 105 Å². The molecule has 0 radical (unpaired) electrons. The molecule has 1 saturated heterocycles. The monoisotopic (exact) mass is 300 g/mol. The first-order valence-electron chi connectivity index (χ1n) is 7.26. The highest BCUT2D eigenvalue weighted by Crippen LogP contribution is 2.31. The van der Waals surface area contributed by atoms with Gasteiger partial charge in [0.05, 0.1) is 12.5 Å². The molecule has 7 nitrogen and oxygen atoms in total. The predicted octanol–water partition coefficient (Wildman–Crippen LogP) is 0.289. The minimum atomic E-state index is -1.13. The molecule has 7 heteroatoms. The first-order chi connectivity index (χ1) is 9.95. The number of hydrogen-bond donors (Lipinski definition) is 3. The Kier molecular flexibility index (Phi) is 6.61. The molecule has 0 spiro atoms. The summed E-state index contributed by atoms with van der Waals surface area (Å²) in [6.45, 7) is 3.32. The molecular weight excluding hydrogens is 276 g/mol. The van der Waals surface area contributed by atoms with Crippen LogP contribution in [0.25, 0.3) is 0 Å². The number of amides is 1. The Morgan fingerprint density at radius 2 is 2.14 bits per heavy atom. The van der Waals surface area contributed by atoms with E-state index in [9.17, 15) is 19.5 Å². The van der Waals surface area contributed by atoms with Crippen LogP contribution in [0.1, 0.15) is 39.0 Å². The van der Waals surface area contributed by atoms with Crippen LogP contribution in [0.2, 0.25) is 0 Å². The number of nitrogens with one attached hydrogen (secondary N) is 2. The van der Waals surface area contributed by atoms with Crippen molar-refractivity contribution in [2.24, 2.45) is 5.41 Å². The fourth-order valence-corrected chi connectivity index (χ4v) is 2.68. The fraction of sp³-hybridized carbons (Fsp3) is 0.786. The van der Waals surface area contributed by atoms with E-state index in [2.05, 4.69) is 15.4 Å². The van der Waals surface area contributed by atoms with E-state index in [0.29, 0.717) is 13.0 Å². The van der Waals surface area contributed by atoms with E-state index in [-0.39, 0.29) is 18.7 Å². The van der Waals surface area contributed by atoms with Crippen molar-refractivity contribution in [3.63, 3.8) is 0 Å². The summed E-state index contributed by atoms with van der Waals surface area (Å²) in [4.78, 5) is 34.8. The van der Waals surface area contributed by atoms with Crippen molar-refractivity contribution in [1.29, 1.82) is 0 Å². The Morgan fingerprint density at radius 1 is 1.43 bits per heavy atom. The first kappa shape index (κ1) is 17.4. The van der Waals surface area contributed by atoms with E-state index in [1.54, 1.807) is 0 Å². The first-order valence-corrected chi connectivity index (χ1v) is 7.26. The number of carbonyl (C=O) groups is 3. The van der Waals surface area contributed by atoms with Gasteiger partial charge in [0.2, 0.25) is 5.91 Å². The molecule has 0 aromatic carbocycles. The van der Waals surface area contributed by atoms with Gasteiger partial charge in [-0.05, 0) is 25.8 Å². The highest BCUT2D eigenvalue weighted by atomic mass is 16.5. The van der Waals surface area contributed by atoms with E-state index in [0.717, 1.165) is 19.4 Å². The molecule has 21 heavy (non-hydrogen) atoms. The van der Waals surface area contributed by atoms with Crippen LogP contribution < -0.4 is 10.6 Å². The lowest BCUT2D eigenvalue weighted by molar-refractivity contribution is -0.145. The Bertz CT molecular complexity index is 391. The molecule has 1 rings (SSSR count). The maximum Gasteiger partial charge on any atom is 0.326 e. The second-order valence-corrected chi connectivity index (χ2v) is 5.44. The summed E-state index contributed by atoms with van der Waals surface area (Å²) in [5.74, 6) is -1.86. The minimum Gasteiger partial charge on any atom is -0.480 e. The largest absolute Gasteiger partial charge is 0.480 e. The average molecular weight is 300 g/mol. The molecular formula is C14H24N2O5. The van der Waals surface area contributed by atoms with Crippen LogP contribution in [0.4, 0.5) is 0 Å². The number of esters is 1. The summed E-state index contributed by atoms with van der Waals surface area (Å²) in [6, 6.07) is -1.06. The predicted molar refractivity (Wildman–Crippen MR) is 75.6 cm³/mol. The maximum atomic E-state index is 12.5. The molecule has 2 unspecified atom stereocenters. The van der Waals surface area contributed by atoms with Crippen molar-refractivity contribution in [3.05, 3.63) is 0 Å². The lowest BCUT2D eigenvalue weighted by Gasteiger charge is -2.28. The van der Waals surface area contributed by atoms with E-state index in [1.165, 1.54) is 7.11 Å². The van der Waals surface area contributed by atoms with Crippen LogP contribution in [0, 0.1) is 5.41 Å². The van der Waals surface area contributed by atoms with Crippen molar-refractivity contribution in [2.45, 2.75) is 45.1 Å². The standard InChI is InChI=1S/C14H24N2O5/c1-3-6-14(7-8-15-9-14)13(20)16-10(12(18)19)4-5-11(17)21-2/h10,15H,3-9H2,1-2H3,(H,16,20)(H,18,19). The van der Waals surface area contributed by atoms with Gasteiger partial charge < -0.3 is 20.5 Å². The Labute approximate surface area is 124 Å². The van der Waals surface area contributed by atoms with Crippen molar-refractivity contribution >= 4 is 17.8 Å². The summed E-state index contributed by atoms with van der Waals surface area (Å²) in [7, 11) is 1.25. The number of carboxylic acid groups (broad SMARTS) is 1. The summed E-state index contributed by atoms with van der Waals surface area (Å²) >= 11 is 0. The van der Waals surface area contributed by atoms with Crippen molar-refractivity contribution in [3.8, 4) is 0 Å². The molecule has 0 saturated carbocycles. The van der Waals surface area contributed by atoms with Crippen LogP contribution in [0.15, 0.2) is 0 Å². The number of carbonyl (C=O) groups excluding carboxylic acids is 2. The van der Waals surface area contributed by atoms with Crippen LogP contribution in [-0.4, -0.2) is 49.2 Å². The molecule has 0 bridgehead atoms. The molecule has 0 aliphatic carbocycles. The number of rotatable bonds is 8. The van der Waals surface area contributed by atoms with Gasteiger partial charge in [-0.2, -0.15) is 0 Å². The quantitative estimate of drug-likeness (QED) is 0.556. The summed E-state index contributed by atoms with van der Waals surface area (Å²) in [6.07, 6.45) is 2.27. The molecule has 1 aliphatic heterocycles. The van der Waals surface area contributed by atoms with Crippen LogP contribution in [-0.2, 0) is 19.1 Å². The Morgan fingerprint density at radius 3 is 2.62 bits per heavy atom. The smallest absolute Gasteiger partial charge is 0.326 e. The van der Waals surface area contributed by atoms with E-state index in [4.69, 9.17) is 0 Å². The maximum absolute atomic E-state index is 12.5. The van der Waals surface area contributed by atoms with Crippen LogP contribution in [0.5, 0.6) is 0 Å².